The van der Waals surface area contributed by atoms with E-state index in [0.29, 0.717) is 74.6 Å². The van der Waals surface area contributed by atoms with Crippen LogP contribution in [0.1, 0.15) is 80.4 Å². The quantitative estimate of drug-likeness (QED) is 0.205. The predicted octanol–water partition coefficient (Wildman–Crippen LogP) is 7.57. The fourth-order valence-corrected chi connectivity index (χ4v) is 7.39. The molecule has 0 spiro atoms. The zero-order valence-corrected chi connectivity index (χ0v) is 29.6. The zero-order valence-electron chi connectivity index (χ0n) is 29.6. The summed E-state index contributed by atoms with van der Waals surface area (Å²) in [6.45, 7) is 8.17. The number of piperidine rings is 1. The number of aryl methyl sites for hydroxylation is 2. The number of nitrogens with zero attached hydrogens (tertiary/aromatic N) is 7. The fourth-order valence-electron chi connectivity index (χ4n) is 7.39. The number of halogens is 2. The molecule has 0 N–H and O–H groups in total. The summed E-state index contributed by atoms with van der Waals surface area (Å²) < 4.78 is 44.4. The standard InChI is InChI=1S/C38H45F2N7O4/c1-38(2,3)51-37(49)45-18-14-32-31(23-45)35(42-47(32)28-12-16-44(17-13-28)36(48)50-24-25-9-6-5-7-10-25)46-15-8-11-26-19-29(27-21-41-43(4)22-27)30(34(39)40)20-33(26)46/h5-7,9-10,19-22,28,34H,8,11-18,23-24H2,1-4H3. The highest BCUT2D eigenvalue weighted by molar-refractivity contribution is 5.77. The van der Waals surface area contributed by atoms with Crippen molar-refractivity contribution in [2.24, 2.45) is 7.05 Å². The van der Waals surface area contributed by atoms with Crippen LogP contribution in [0.25, 0.3) is 11.1 Å². The molecule has 2 amide bonds. The Labute approximate surface area is 296 Å². The van der Waals surface area contributed by atoms with Crippen molar-refractivity contribution in [3.63, 3.8) is 0 Å². The number of hydrogen-bond donors (Lipinski definition) is 0. The van der Waals surface area contributed by atoms with Gasteiger partial charge in [-0.25, -0.2) is 18.4 Å². The number of hydrogen-bond acceptors (Lipinski definition) is 7. The van der Waals surface area contributed by atoms with Gasteiger partial charge in [-0.15, -0.1) is 0 Å². The van der Waals surface area contributed by atoms with Crippen molar-refractivity contribution in [2.75, 3.05) is 31.1 Å². The zero-order chi connectivity index (χ0) is 35.9. The number of ether oxygens (including phenoxy) is 2. The first-order valence-corrected chi connectivity index (χ1v) is 17.7. The molecule has 11 nitrogen and oxygen atoms in total. The molecule has 0 saturated carbocycles. The van der Waals surface area contributed by atoms with Crippen molar-refractivity contribution in [2.45, 2.75) is 84.1 Å². The molecule has 1 saturated heterocycles. The van der Waals surface area contributed by atoms with E-state index in [0.717, 1.165) is 35.2 Å². The SMILES string of the molecule is Cn1cc(-c2cc3c(cc2C(F)F)N(c2nn(C4CCN(C(=O)OCc5ccccc5)CC4)c4c2CN(C(=O)OC(C)(C)C)CC4)CCC3)cn1. The van der Waals surface area contributed by atoms with Gasteiger partial charge in [0.15, 0.2) is 5.82 Å². The van der Waals surface area contributed by atoms with Gasteiger partial charge in [-0.1, -0.05) is 30.3 Å². The molecule has 0 unspecified atom stereocenters. The van der Waals surface area contributed by atoms with Crippen molar-refractivity contribution in [1.82, 2.24) is 29.4 Å². The van der Waals surface area contributed by atoms with Crippen molar-refractivity contribution < 1.29 is 27.8 Å². The molecule has 7 rings (SSSR count). The number of alkyl halides is 2. The maximum absolute atomic E-state index is 14.7. The Morgan fingerprint density at radius 1 is 0.980 bits per heavy atom. The number of anilines is 2. The number of rotatable bonds is 6. The van der Waals surface area contributed by atoms with Crippen LogP contribution in [0.5, 0.6) is 0 Å². The molecule has 3 aliphatic rings. The van der Waals surface area contributed by atoms with Gasteiger partial charge in [0.1, 0.15) is 12.2 Å². The summed E-state index contributed by atoms with van der Waals surface area (Å²) in [5.41, 5.74) is 4.98. The minimum absolute atomic E-state index is 0.0209. The maximum Gasteiger partial charge on any atom is 0.410 e. The number of benzene rings is 2. The molecular formula is C38H45F2N7O4. The third-order valence-corrected chi connectivity index (χ3v) is 9.87. The number of carbonyl (C=O) groups excluding carboxylic acids is 2. The lowest BCUT2D eigenvalue weighted by Gasteiger charge is -2.34. The van der Waals surface area contributed by atoms with Gasteiger partial charge in [-0.05, 0) is 75.3 Å². The van der Waals surface area contributed by atoms with E-state index in [1.807, 2.05) is 57.2 Å². The molecule has 1 fully saturated rings. The van der Waals surface area contributed by atoms with Crippen LogP contribution >= 0.6 is 0 Å². The second-order valence-corrected chi connectivity index (χ2v) is 14.6. The monoisotopic (exact) mass is 701 g/mol. The van der Waals surface area contributed by atoms with E-state index in [-0.39, 0.29) is 24.3 Å². The Bertz CT molecular complexity index is 1890. The normalized spacial score (nSPS) is 16.6. The summed E-state index contributed by atoms with van der Waals surface area (Å²) >= 11 is 0. The predicted molar refractivity (Wildman–Crippen MR) is 188 cm³/mol. The summed E-state index contributed by atoms with van der Waals surface area (Å²) in [7, 11) is 1.77. The van der Waals surface area contributed by atoms with Crippen LogP contribution in [-0.2, 0) is 42.5 Å². The van der Waals surface area contributed by atoms with Gasteiger partial charge >= 0.3 is 12.2 Å². The lowest BCUT2D eigenvalue weighted by Crippen LogP contribution is -2.41. The van der Waals surface area contributed by atoms with E-state index >= 15 is 0 Å². The van der Waals surface area contributed by atoms with Crippen LogP contribution in [-0.4, -0.2) is 73.3 Å². The Kier molecular flexibility index (Phi) is 9.47. The highest BCUT2D eigenvalue weighted by Crippen LogP contribution is 2.44. The van der Waals surface area contributed by atoms with Crippen LogP contribution in [0.2, 0.25) is 0 Å². The van der Waals surface area contributed by atoms with Crippen LogP contribution in [0.3, 0.4) is 0 Å². The summed E-state index contributed by atoms with van der Waals surface area (Å²) in [5.74, 6) is 0.679. The lowest BCUT2D eigenvalue weighted by atomic mass is 9.92. The average molecular weight is 702 g/mol. The maximum atomic E-state index is 14.7. The van der Waals surface area contributed by atoms with E-state index in [9.17, 15) is 18.4 Å². The Morgan fingerprint density at radius 2 is 1.75 bits per heavy atom. The van der Waals surface area contributed by atoms with E-state index in [4.69, 9.17) is 14.6 Å². The van der Waals surface area contributed by atoms with Crippen LogP contribution in [0.4, 0.5) is 29.9 Å². The molecule has 0 aliphatic carbocycles. The molecule has 270 valence electrons. The molecule has 0 atom stereocenters. The van der Waals surface area contributed by atoms with Crippen LogP contribution < -0.4 is 4.90 Å². The van der Waals surface area contributed by atoms with Gasteiger partial charge in [0, 0.05) is 73.9 Å². The van der Waals surface area contributed by atoms with Gasteiger partial charge in [-0.2, -0.15) is 10.2 Å². The van der Waals surface area contributed by atoms with Crippen molar-refractivity contribution in [1.29, 1.82) is 0 Å². The topological polar surface area (TPSA) is 98.0 Å². The van der Waals surface area contributed by atoms with Gasteiger partial charge in [0.05, 0.1) is 18.8 Å². The molecule has 3 aliphatic heterocycles. The third kappa shape index (κ3) is 7.29. The number of likely N-dealkylation sites (tertiary alicyclic amines) is 1. The van der Waals surface area contributed by atoms with E-state index in [1.165, 1.54) is 0 Å². The minimum atomic E-state index is -2.69. The third-order valence-electron chi connectivity index (χ3n) is 9.87. The van der Waals surface area contributed by atoms with Crippen molar-refractivity contribution in [3.8, 4) is 11.1 Å². The molecule has 0 radical (unpaired) electrons. The number of carbonyl (C=O) groups is 2. The first-order valence-electron chi connectivity index (χ1n) is 17.7. The van der Waals surface area contributed by atoms with Crippen molar-refractivity contribution in [3.05, 3.63) is 82.8 Å². The highest BCUT2D eigenvalue weighted by atomic mass is 19.3. The largest absolute Gasteiger partial charge is 0.445 e. The molecule has 13 heteroatoms. The second-order valence-electron chi connectivity index (χ2n) is 14.6. The molecular weight excluding hydrogens is 656 g/mol. The summed E-state index contributed by atoms with van der Waals surface area (Å²) in [6.07, 6.45) is 3.46. The molecule has 5 heterocycles. The Hall–Kier alpha value is -4.94. The Morgan fingerprint density at radius 3 is 2.43 bits per heavy atom. The first kappa shape index (κ1) is 34.5. The second kappa shape index (κ2) is 14.0. The summed E-state index contributed by atoms with van der Waals surface area (Å²) in [5, 5.41) is 9.46. The van der Waals surface area contributed by atoms with Crippen LogP contribution in [0, 0.1) is 0 Å². The molecule has 2 aromatic carbocycles. The minimum Gasteiger partial charge on any atom is -0.445 e. The van der Waals surface area contributed by atoms with E-state index < -0.39 is 18.1 Å². The average Bonchev–Trinajstić information content (AvgIpc) is 3.73. The van der Waals surface area contributed by atoms with Gasteiger partial charge in [0.2, 0.25) is 0 Å². The fraction of sp³-hybridized carbons (Fsp3) is 0.474. The van der Waals surface area contributed by atoms with E-state index in [2.05, 4.69) is 14.7 Å². The first-order chi connectivity index (χ1) is 24.4. The Balaban J connectivity index is 1.19. The number of aromatic nitrogens is 4. The number of amides is 2. The summed E-state index contributed by atoms with van der Waals surface area (Å²) in [4.78, 5) is 31.7. The molecule has 0 bridgehead atoms. The highest BCUT2D eigenvalue weighted by Gasteiger charge is 2.36. The smallest absolute Gasteiger partial charge is 0.410 e. The molecule has 4 aromatic rings. The summed E-state index contributed by atoms with van der Waals surface area (Å²) in [6, 6.07) is 13.1. The van der Waals surface area contributed by atoms with Crippen molar-refractivity contribution >= 4 is 23.7 Å². The van der Waals surface area contributed by atoms with Gasteiger partial charge in [0.25, 0.3) is 6.43 Å². The molecule has 51 heavy (non-hydrogen) atoms. The van der Waals surface area contributed by atoms with Gasteiger partial charge in [-0.3, -0.25) is 9.36 Å². The number of fused-ring (bicyclic) bond motifs is 2. The van der Waals surface area contributed by atoms with E-state index in [1.54, 1.807) is 40.0 Å². The molecule has 2 aromatic heterocycles. The van der Waals surface area contributed by atoms with Crippen LogP contribution in [0.15, 0.2) is 54.9 Å². The van der Waals surface area contributed by atoms with Gasteiger partial charge < -0.3 is 24.2 Å². The lowest BCUT2D eigenvalue weighted by molar-refractivity contribution is 0.0222.